The molecular weight excluding hydrogens is 364 g/mol. The summed E-state index contributed by atoms with van der Waals surface area (Å²) in [6.45, 7) is 4.12. The fraction of sp³-hybridized carbons (Fsp3) is 0.350. The zero-order chi connectivity index (χ0) is 19.6. The molecule has 0 saturated carbocycles. The molecule has 2 aromatic carbocycles. The second kappa shape index (κ2) is 7.70. The number of benzene rings is 2. The number of ether oxygens (including phenoxy) is 1. The molecule has 1 aliphatic rings. The van der Waals surface area contributed by atoms with Crippen LogP contribution in [0.15, 0.2) is 47.4 Å². The van der Waals surface area contributed by atoms with Crippen LogP contribution in [-0.2, 0) is 16.4 Å². The normalized spacial score (nSPS) is 14.1. The Labute approximate surface area is 160 Å². The number of nitrogens with one attached hydrogen (secondary N) is 1. The van der Waals surface area contributed by atoms with E-state index < -0.39 is 10.0 Å². The van der Waals surface area contributed by atoms with Crippen molar-refractivity contribution in [2.24, 2.45) is 0 Å². The number of carbonyl (C=O) groups excluding carboxylic acids is 1. The first-order valence-electron chi connectivity index (χ1n) is 8.93. The molecule has 1 aliphatic heterocycles. The lowest BCUT2D eigenvalue weighted by molar-refractivity contribution is 0.0984. The quantitative estimate of drug-likeness (QED) is 0.854. The monoisotopic (exact) mass is 388 g/mol. The molecule has 0 atom stereocenters. The number of fused-ring (bicyclic) bond motifs is 1. The summed E-state index contributed by atoms with van der Waals surface area (Å²) in [6.07, 6.45) is 1.77. The number of hydrogen-bond donors (Lipinski definition) is 1. The zero-order valence-corrected chi connectivity index (χ0v) is 16.5. The van der Waals surface area contributed by atoms with E-state index in [0.717, 1.165) is 24.1 Å². The van der Waals surface area contributed by atoms with Crippen molar-refractivity contribution in [2.75, 3.05) is 18.6 Å². The fourth-order valence-electron chi connectivity index (χ4n) is 3.29. The molecule has 1 N–H and O–H groups in total. The highest BCUT2D eigenvalue weighted by molar-refractivity contribution is 7.89. The van der Waals surface area contributed by atoms with Crippen molar-refractivity contribution in [2.45, 2.75) is 37.6 Å². The van der Waals surface area contributed by atoms with Gasteiger partial charge in [0.15, 0.2) is 0 Å². The summed E-state index contributed by atoms with van der Waals surface area (Å²) < 4.78 is 32.5. The molecule has 0 spiro atoms. The number of methoxy groups -OCH3 is 1. The van der Waals surface area contributed by atoms with Crippen LogP contribution in [0.2, 0.25) is 0 Å². The third-order valence-electron chi connectivity index (χ3n) is 4.45. The van der Waals surface area contributed by atoms with E-state index >= 15 is 0 Å². The molecule has 27 heavy (non-hydrogen) atoms. The van der Waals surface area contributed by atoms with E-state index in [-0.39, 0.29) is 16.8 Å². The van der Waals surface area contributed by atoms with Crippen LogP contribution in [0.5, 0.6) is 5.75 Å². The van der Waals surface area contributed by atoms with Crippen molar-refractivity contribution in [1.29, 1.82) is 0 Å². The van der Waals surface area contributed by atoms with Gasteiger partial charge in [0, 0.05) is 18.2 Å². The highest BCUT2D eigenvalue weighted by atomic mass is 32.2. The molecule has 1 amide bonds. The van der Waals surface area contributed by atoms with Crippen molar-refractivity contribution in [3.63, 3.8) is 0 Å². The van der Waals surface area contributed by atoms with E-state index in [0.29, 0.717) is 17.9 Å². The number of hydrogen-bond acceptors (Lipinski definition) is 4. The van der Waals surface area contributed by atoms with Crippen LogP contribution in [0.3, 0.4) is 0 Å². The number of para-hydroxylation sites is 1. The number of rotatable bonds is 5. The van der Waals surface area contributed by atoms with Gasteiger partial charge in [-0.05, 0) is 62.6 Å². The number of carbonyl (C=O) groups is 1. The fourth-order valence-corrected chi connectivity index (χ4v) is 4.55. The van der Waals surface area contributed by atoms with E-state index in [1.54, 1.807) is 38.0 Å². The van der Waals surface area contributed by atoms with Crippen molar-refractivity contribution >= 4 is 21.6 Å². The van der Waals surface area contributed by atoms with Gasteiger partial charge >= 0.3 is 0 Å². The molecular formula is C20H24N2O4S. The SMILES string of the molecule is COc1cccc2c1N(C(=O)c1ccc(S(=O)(=O)NC(C)C)cc1)CCC2. The largest absolute Gasteiger partial charge is 0.495 e. The second-order valence-electron chi connectivity index (χ2n) is 6.83. The number of anilines is 1. The van der Waals surface area contributed by atoms with E-state index in [2.05, 4.69) is 4.72 Å². The molecule has 144 valence electrons. The summed E-state index contributed by atoms with van der Waals surface area (Å²) in [6, 6.07) is 11.6. The van der Waals surface area contributed by atoms with Crippen molar-refractivity contribution < 1.29 is 17.9 Å². The van der Waals surface area contributed by atoms with Crippen molar-refractivity contribution in [3.05, 3.63) is 53.6 Å². The summed E-state index contributed by atoms with van der Waals surface area (Å²) in [4.78, 5) is 14.9. The van der Waals surface area contributed by atoms with Gasteiger partial charge in [-0.1, -0.05) is 12.1 Å². The summed E-state index contributed by atoms with van der Waals surface area (Å²) in [5.41, 5.74) is 2.32. The van der Waals surface area contributed by atoms with Crippen LogP contribution in [0.4, 0.5) is 5.69 Å². The summed E-state index contributed by atoms with van der Waals surface area (Å²) >= 11 is 0. The number of aryl methyl sites for hydroxylation is 1. The number of amides is 1. The van der Waals surface area contributed by atoms with Gasteiger partial charge in [-0.2, -0.15) is 0 Å². The van der Waals surface area contributed by atoms with Crippen LogP contribution in [0, 0.1) is 0 Å². The third-order valence-corrected chi connectivity index (χ3v) is 6.12. The van der Waals surface area contributed by atoms with Gasteiger partial charge in [-0.3, -0.25) is 4.79 Å². The Hall–Kier alpha value is -2.38. The first-order chi connectivity index (χ1) is 12.8. The molecule has 0 aliphatic carbocycles. The maximum Gasteiger partial charge on any atom is 0.258 e. The van der Waals surface area contributed by atoms with Gasteiger partial charge in [0.25, 0.3) is 5.91 Å². The Kier molecular flexibility index (Phi) is 5.53. The van der Waals surface area contributed by atoms with Crippen LogP contribution in [0.25, 0.3) is 0 Å². The van der Waals surface area contributed by atoms with E-state index in [4.69, 9.17) is 4.74 Å². The molecule has 0 aromatic heterocycles. The summed E-state index contributed by atoms with van der Waals surface area (Å²) in [7, 11) is -1.99. The summed E-state index contributed by atoms with van der Waals surface area (Å²) in [5, 5.41) is 0. The highest BCUT2D eigenvalue weighted by Gasteiger charge is 2.27. The van der Waals surface area contributed by atoms with E-state index in [9.17, 15) is 13.2 Å². The Morgan fingerprint density at radius 2 is 1.85 bits per heavy atom. The standard InChI is InChI=1S/C20H24N2O4S/c1-14(2)21-27(24,25)17-11-9-16(10-12-17)20(23)22-13-5-7-15-6-4-8-18(26-3)19(15)22/h4,6,8-12,14,21H,5,7,13H2,1-3H3. The predicted molar refractivity (Wildman–Crippen MR) is 105 cm³/mol. The molecule has 0 radical (unpaired) electrons. The molecule has 0 fully saturated rings. The van der Waals surface area contributed by atoms with Crippen LogP contribution in [-0.4, -0.2) is 34.0 Å². The third kappa shape index (κ3) is 3.99. The van der Waals surface area contributed by atoms with Crippen LogP contribution in [0.1, 0.15) is 36.2 Å². The lowest BCUT2D eigenvalue weighted by Gasteiger charge is -2.31. The van der Waals surface area contributed by atoms with Gasteiger partial charge in [0.1, 0.15) is 5.75 Å². The predicted octanol–water partition coefficient (Wildman–Crippen LogP) is 2.97. The maximum atomic E-state index is 13.1. The average Bonchev–Trinajstić information content (AvgIpc) is 2.65. The molecule has 0 bridgehead atoms. The lowest BCUT2D eigenvalue weighted by atomic mass is 10.00. The molecule has 6 nitrogen and oxygen atoms in total. The average molecular weight is 388 g/mol. The van der Waals surface area contributed by atoms with Gasteiger partial charge < -0.3 is 9.64 Å². The van der Waals surface area contributed by atoms with E-state index in [1.807, 2.05) is 18.2 Å². The number of sulfonamides is 1. The Balaban J connectivity index is 1.90. The van der Waals surface area contributed by atoms with Gasteiger partial charge in [-0.15, -0.1) is 0 Å². The molecule has 2 aromatic rings. The Morgan fingerprint density at radius 1 is 1.15 bits per heavy atom. The molecule has 1 heterocycles. The lowest BCUT2D eigenvalue weighted by Crippen LogP contribution is -2.36. The first kappa shape index (κ1) is 19.4. The minimum absolute atomic E-state index is 0.143. The number of nitrogens with zero attached hydrogens (tertiary/aromatic N) is 1. The Bertz CT molecular complexity index is 923. The maximum absolute atomic E-state index is 13.1. The topological polar surface area (TPSA) is 75.7 Å². The molecule has 3 rings (SSSR count). The first-order valence-corrected chi connectivity index (χ1v) is 10.4. The van der Waals surface area contributed by atoms with Crippen molar-refractivity contribution in [3.8, 4) is 5.75 Å². The Morgan fingerprint density at radius 3 is 2.48 bits per heavy atom. The van der Waals surface area contributed by atoms with Crippen LogP contribution >= 0.6 is 0 Å². The minimum atomic E-state index is -3.58. The summed E-state index contributed by atoms with van der Waals surface area (Å²) in [5.74, 6) is 0.502. The smallest absolute Gasteiger partial charge is 0.258 e. The zero-order valence-electron chi connectivity index (χ0n) is 15.7. The van der Waals surface area contributed by atoms with Gasteiger partial charge in [0.05, 0.1) is 17.7 Å². The van der Waals surface area contributed by atoms with Crippen LogP contribution < -0.4 is 14.4 Å². The molecule has 0 saturated heterocycles. The molecule has 0 unspecified atom stereocenters. The van der Waals surface area contributed by atoms with Gasteiger partial charge in [-0.25, -0.2) is 13.1 Å². The van der Waals surface area contributed by atoms with Gasteiger partial charge in [0.2, 0.25) is 10.0 Å². The van der Waals surface area contributed by atoms with E-state index in [1.165, 1.54) is 12.1 Å². The van der Waals surface area contributed by atoms with Crippen molar-refractivity contribution in [1.82, 2.24) is 4.72 Å². The minimum Gasteiger partial charge on any atom is -0.495 e. The highest BCUT2D eigenvalue weighted by Crippen LogP contribution is 2.37. The molecule has 7 heteroatoms. The second-order valence-corrected chi connectivity index (χ2v) is 8.54.